The summed E-state index contributed by atoms with van der Waals surface area (Å²) in [6.45, 7) is 0. The van der Waals surface area contributed by atoms with Crippen LogP contribution in [0, 0.1) is 0 Å². The average Bonchev–Trinajstić information content (AvgIpc) is 2.86. The van der Waals surface area contributed by atoms with E-state index in [2.05, 4.69) is 59.6 Å². The van der Waals surface area contributed by atoms with Gasteiger partial charge in [-0.05, 0) is 12.1 Å². The van der Waals surface area contributed by atoms with Crippen molar-refractivity contribution in [1.29, 1.82) is 0 Å². The highest BCUT2D eigenvalue weighted by Gasteiger charge is 2.10. The zero-order valence-electron chi connectivity index (χ0n) is 10.2. The van der Waals surface area contributed by atoms with Gasteiger partial charge in [0.2, 0.25) is 0 Å². The van der Waals surface area contributed by atoms with E-state index in [9.17, 15) is 0 Å². The van der Waals surface area contributed by atoms with Gasteiger partial charge in [-0.1, -0.05) is 48.5 Å². The molecule has 2 aromatic heterocycles. The van der Waals surface area contributed by atoms with Crippen LogP contribution in [0.5, 0.6) is 0 Å². The highest BCUT2D eigenvalue weighted by Crippen LogP contribution is 2.38. The standard InChI is InChI=1S/C17H11NS/c1-2-6-12(7-3-1)17-16-13-8-4-5-9-14(13)19-15(16)10-11-18-17/h1-11H. The van der Waals surface area contributed by atoms with Crippen LogP contribution in [-0.2, 0) is 0 Å². The number of pyridine rings is 1. The second-order valence-corrected chi connectivity index (χ2v) is 5.58. The van der Waals surface area contributed by atoms with Gasteiger partial charge in [-0.3, -0.25) is 4.98 Å². The van der Waals surface area contributed by atoms with Gasteiger partial charge in [-0.25, -0.2) is 0 Å². The molecule has 0 aliphatic carbocycles. The highest BCUT2D eigenvalue weighted by atomic mass is 32.1. The van der Waals surface area contributed by atoms with Crippen molar-refractivity contribution in [2.75, 3.05) is 0 Å². The number of thiophene rings is 1. The topological polar surface area (TPSA) is 12.9 Å². The molecular formula is C17H11NS. The Morgan fingerprint density at radius 3 is 2.42 bits per heavy atom. The molecule has 0 bridgehead atoms. The maximum absolute atomic E-state index is 4.61. The molecule has 0 aliphatic heterocycles. The van der Waals surface area contributed by atoms with Crippen molar-refractivity contribution < 1.29 is 0 Å². The summed E-state index contributed by atoms with van der Waals surface area (Å²) in [4.78, 5) is 4.61. The van der Waals surface area contributed by atoms with E-state index < -0.39 is 0 Å². The third kappa shape index (κ3) is 1.65. The van der Waals surface area contributed by atoms with Gasteiger partial charge in [0.15, 0.2) is 0 Å². The molecule has 90 valence electrons. The molecule has 2 heteroatoms. The van der Waals surface area contributed by atoms with Gasteiger partial charge < -0.3 is 0 Å². The maximum Gasteiger partial charge on any atom is 0.0795 e. The number of hydrogen-bond donors (Lipinski definition) is 0. The van der Waals surface area contributed by atoms with Crippen molar-refractivity contribution in [3.8, 4) is 11.3 Å². The molecule has 0 fully saturated rings. The van der Waals surface area contributed by atoms with Crippen LogP contribution in [-0.4, -0.2) is 4.98 Å². The van der Waals surface area contributed by atoms with E-state index in [0.717, 1.165) is 5.69 Å². The van der Waals surface area contributed by atoms with Gasteiger partial charge in [0.05, 0.1) is 5.69 Å². The minimum absolute atomic E-state index is 1.08. The van der Waals surface area contributed by atoms with Crippen molar-refractivity contribution in [2.24, 2.45) is 0 Å². The largest absolute Gasteiger partial charge is 0.256 e. The maximum atomic E-state index is 4.61. The number of fused-ring (bicyclic) bond motifs is 3. The summed E-state index contributed by atoms with van der Waals surface area (Å²) in [6, 6.07) is 21.0. The Hall–Kier alpha value is -2.19. The molecule has 0 amide bonds. The predicted octanol–water partition coefficient (Wildman–Crippen LogP) is 5.12. The Kier molecular flexibility index (Phi) is 2.35. The fourth-order valence-electron chi connectivity index (χ4n) is 2.48. The smallest absolute Gasteiger partial charge is 0.0795 e. The van der Waals surface area contributed by atoms with E-state index in [1.165, 1.54) is 25.7 Å². The second kappa shape index (κ2) is 4.18. The van der Waals surface area contributed by atoms with Crippen molar-refractivity contribution in [3.63, 3.8) is 0 Å². The molecule has 0 unspecified atom stereocenters. The number of aromatic nitrogens is 1. The van der Waals surface area contributed by atoms with Gasteiger partial charge in [-0.15, -0.1) is 11.3 Å². The SMILES string of the molecule is c1ccc(-c2nccc3sc4ccccc4c23)cc1. The fraction of sp³-hybridized carbons (Fsp3) is 0. The van der Waals surface area contributed by atoms with E-state index in [-0.39, 0.29) is 0 Å². The first-order valence-corrected chi connectivity index (χ1v) is 7.07. The summed E-state index contributed by atoms with van der Waals surface area (Å²) in [6.07, 6.45) is 1.90. The Balaban J connectivity index is 2.17. The molecule has 0 saturated heterocycles. The zero-order chi connectivity index (χ0) is 12.7. The van der Waals surface area contributed by atoms with Crippen molar-refractivity contribution in [2.45, 2.75) is 0 Å². The van der Waals surface area contributed by atoms with Crippen LogP contribution in [0.15, 0.2) is 66.9 Å². The summed E-state index contributed by atoms with van der Waals surface area (Å²) >= 11 is 1.83. The quantitative estimate of drug-likeness (QED) is 0.463. The third-order valence-corrected chi connectivity index (χ3v) is 4.47. The molecule has 0 atom stereocenters. The highest BCUT2D eigenvalue weighted by molar-refractivity contribution is 7.25. The number of nitrogens with zero attached hydrogens (tertiary/aromatic N) is 1. The van der Waals surface area contributed by atoms with Crippen LogP contribution >= 0.6 is 11.3 Å². The van der Waals surface area contributed by atoms with Crippen LogP contribution in [0.4, 0.5) is 0 Å². The summed E-state index contributed by atoms with van der Waals surface area (Å²) in [7, 11) is 0. The molecule has 2 aromatic carbocycles. The lowest BCUT2D eigenvalue weighted by atomic mass is 10.1. The minimum atomic E-state index is 1.08. The summed E-state index contributed by atoms with van der Waals surface area (Å²) < 4.78 is 2.62. The molecule has 19 heavy (non-hydrogen) atoms. The Morgan fingerprint density at radius 2 is 1.53 bits per heavy atom. The predicted molar refractivity (Wildman–Crippen MR) is 82.6 cm³/mol. The monoisotopic (exact) mass is 261 g/mol. The summed E-state index contributed by atoms with van der Waals surface area (Å²) in [5, 5.41) is 2.57. The molecule has 0 N–H and O–H groups in total. The van der Waals surface area contributed by atoms with Gasteiger partial charge in [0.1, 0.15) is 0 Å². The van der Waals surface area contributed by atoms with Crippen LogP contribution in [0.25, 0.3) is 31.4 Å². The van der Waals surface area contributed by atoms with E-state index in [1.807, 2.05) is 23.6 Å². The van der Waals surface area contributed by atoms with Crippen LogP contribution in [0.3, 0.4) is 0 Å². The lowest BCUT2D eigenvalue weighted by molar-refractivity contribution is 1.37. The van der Waals surface area contributed by atoms with Gasteiger partial charge in [0, 0.05) is 31.9 Å². The Labute approximate surface area is 115 Å². The van der Waals surface area contributed by atoms with E-state index in [4.69, 9.17) is 0 Å². The first-order valence-electron chi connectivity index (χ1n) is 6.25. The molecule has 1 nitrogen and oxygen atoms in total. The number of rotatable bonds is 1. The molecule has 2 heterocycles. The zero-order valence-corrected chi connectivity index (χ0v) is 11.0. The molecular weight excluding hydrogens is 250 g/mol. The van der Waals surface area contributed by atoms with Gasteiger partial charge in [-0.2, -0.15) is 0 Å². The molecule has 0 spiro atoms. The van der Waals surface area contributed by atoms with Crippen LogP contribution in [0.2, 0.25) is 0 Å². The second-order valence-electron chi connectivity index (χ2n) is 4.50. The lowest BCUT2D eigenvalue weighted by Crippen LogP contribution is -1.83. The van der Waals surface area contributed by atoms with Crippen molar-refractivity contribution in [1.82, 2.24) is 4.98 Å². The third-order valence-electron chi connectivity index (χ3n) is 3.34. The number of hydrogen-bond acceptors (Lipinski definition) is 2. The van der Waals surface area contributed by atoms with Gasteiger partial charge >= 0.3 is 0 Å². The van der Waals surface area contributed by atoms with Crippen LogP contribution in [0.1, 0.15) is 0 Å². The Morgan fingerprint density at radius 1 is 0.737 bits per heavy atom. The summed E-state index contributed by atoms with van der Waals surface area (Å²) in [5.74, 6) is 0. The van der Waals surface area contributed by atoms with Crippen molar-refractivity contribution >= 4 is 31.5 Å². The molecule has 0 saturated carbocycles. The average molecular weight is 261 g/mol. The Bertz CT molecular complexity index is 862. The molecule has 0 radical (unpaired) electrons. The summed E-state index contributed by atoms with van der Waals surface area (Å²) in [5.41, 5.74) is 2.26. The lowest BCUT2D eigenvalue weighted by Gasteiger charge is -2.02. The molecule has 0 aliphatic rings. The van der Waals surface area contributed by atoms with Crippen molar-refractivity contribution in [3.05, 3.63) is 66.9 Å². The molecule has 4 rings (SSSR count). The normalized spacial score (nSPS) is 11.2. The van der Waals surface area contributed by atoms with Gasteiger partial charge in [0.25, 0.3) is 0 Å². The van der Waals surface area contributed by atoms with E-state index in [1.54, 1.807) is 0 Å². The first kappa shape index (κ1) is 10.7. The van der Waals surface area contributed by atoms with Crippen LogP contribution < -0.4 is 0 Å². The molecule has 4 aromatic rings. The van der Waals surface area contributed by atoms with E-state index >= 15 is 0 Å². The first-order chi connectivity index (χ1) is 9.43. The van der Waals surface area contributed by atoms with E-state index in [0.29, 0.717) is 0 Å². The minimum Gasteiger partial charge on any atom is -0.256 e. The fourth-order valence-corrected chi connectivity index (χ4v) is 3.59. The number of benzene rings is 2.